The van der Waals surface area contributed by atoms with Crippen LogP contribution < -0.4 is 0 Å². The zero-order chi connectivity index (χ0) is 11.1. The molecule has 1 fully saturated rings. The average Bonchev–Trinajstić information content (AvgIpc) is 2.20. The highest BCUT2D eigenvalue weighted by Gasteiger charge is 2.47. The van der Waals surface area contributed by atoms with Gasteiger partial charge >= 0.3 is 0 Å². The number of hydrogen-bond acceptors (Lipinski definition) is 2. The van der Waals surface area contributed by atoms with Crippen molar-refractivity contribution in [3.63, 3.8) is 0 Å². The molecular formula is C11H21NO2. The first-order chi connectivity index (χ1) is 6.27. The number of ether oxygens (including phenoxy) is 1. The van der Waals surface area contributed by atoms with E-state index in [1.807, 2.05) is 46.4 Å². The van der Waals surface area contributed by atoms with Crippen molar-refractivity contribution in [2.75, 3.05) is 0 Å². The molecule has 1 amide bonds. The van der Waals surface area contributed by atoms with E-state index in [-0.39, 0.29) is 24.0 Å². The van der Waals surface area contributed by atoms with Gasteiger partial charge in [-0.3, -0.25) is 4.79 Å². The van der Waals surface area contributed by atoms with E-state index >= 15 is 0 Å². The molecule has 3 nitrogen and oxygen atoms in total. The minimum atomic E-state index is -0.458. The summed E-state index contributed by atoms with van der Waals surface area (Å²) in [6.07, 6.45) is -0.271. The molecule has 1 rings (SSSR count). The first-order valence-electron chi connectivity index (χ1n) is 5.28. The third-order valence-electron chi connectivity index (χ3n) is 2.60. The van der Waals surface area contributed by atoms with E-state index in [1.165, 1.54) is 0 Å². The maximum atomic E-state index is 12.0. The zero-order valence-electron chi connectivity index (χ0n) is 10.00. The normalized spacial score (nSPS) is 26.7. The largest absolute Gasteiger partial charge is 0.343 e. The molecule has 0 aromatic rings. The fourth-order valence-corrected chi connectivity index (χ4v) is 2.12. The maximum Gasteiger partial charge on any atom is 0.254 e. The predicted molar refractivity (Wildman–Crippen MR) is 55.8 cm³/mol. The lowest BCUT2D eigenvalue weighted by Gasteiger charge is -2.33. The van der Waals surface area contributed by atoms with Crippen molar-refractivity contribution in [3.8, 4) is 0 Å². The molecular weight excluding hydrogens is 178 g/mol. The lowest BCUT2D eigenvalue weighted by Crippen LogP contribution is -2.46. The number of hydrogen-bond donors (Lipinski definition) is 0. The minimum absolute atomic E-state index is 0.125. The highest BCUT2D eigenvalue weighted by atomic mass is 16.5. The molecule has 1 unspecified atom stereocenters. The number of carbonyl (C=O) groups excluding carboxylic acids is 1. The standard InChI is InChI=1S/C11H21NO2/c1-7(2)9-10(13)12(8(3)4)11(5,6)14-9/h7-9H,1-6H3. The molecule has 82 valence electrons. The SMILES string of the molecule is CC(C)C1OC(C)(C)N(C(C)C)C1=O. The molecule has 0 saturated carbocycles. The summed E-state index contributed by atoms with van der Waals surface area (Å²) in [5.41, 5.74) is -0.458. The summed E-state index contributed by atoms with van der Waals surface area (Å²) in [5.74, 6) is 0.366. The van der Waals surface area contributed by atoms with Crippen LogP contribution in [0.25, 0.3) is 0 Å². The van der Waals surface area contributed by atoms with Crippen molar-refractivity contribution in [1.29, 1.82) is 0 Å². The number of amides is 1. The van der Waals surface area contributed by atoms with Crippen LogP contribution in [0.5, 0.6) is 0 Å². The first-order valence-corrected chi connectivity index (χ1v) is 5.28. The van der Waals surface area contributed by atoms with Gasteiger partial charge in [0.15, 0.2) is 0 Å². The fraction of sp³-hybridized carbons (Fsp3) is 0.909. The summed E-state index contributed by atoms with van der Waals surface area (Å²) >= 11 is 0. The molecule has 1 aliphatic heterocycles. The number of carbonyl (C=O) groups is 1. The van der Waals surface area contributed by atoms with Crippen LogP contribution in [0, 0.1) is 5.92 Å². The smallest absolute Gasteiger partial charge is 0.254 e. The third-order valence-corrected chi connectivity index (χ3v) is 2.60. The van der Waals surface area contributed by atoms with Crippen LogP contribution in [0.15, 0.2) is 0 Å². The molecule has 1 heterocycles. The summed E-state index contributed by atoms with van der Waals surface area (Å²) in [6, 6.07) is 0.196. The second kappa shape index (κ2) is 3.54. The van der Waals surface area contributed by atoms with Crippen LogP contribution in [-0.4, -0.2) is 28.7 Å². The summed E-state index contributed by atoms with van der Waals surface area (Å²) in [5, 5.41) is 0. The number of nitrogens with zero attached hydrogens (tertiary/aromatic N) is 1. The topological polar surface area (TPSA) is 29.5 Å². The Morgan fingerprint density at radius 1 is 1.29 bits per heavy atom. The summed E-state index contributed by atoms with van der Waals surface area (Å²) in [6.45, 7) is 12.0. The Kier molecular flexibility index (Phi) is 2.91. The quantitative estimate of drug-likeness (QED) is 0.681. The Morgan fingerprint density at radius 3 is 2.00 bits per heavy atom. The molecule has 0 aliphatic carbocycles. The molecule has 0 radical (unpaired) electrons. The fourth-order valence-electron chi connectivity index (χ4n) is 2.12. The molecule has 0 aromatic heterocycles. The van der Waals surface area contributed by atoms with Crippen molar-refractivity contribution in [1.82, 2.24) is 4.90 Å². The van der Waals surface area contributed by atoms with Crippen molar-refractivity contribution in [2.45, 2.75) is 59.4 Å². The van der Waals surface area contributed by atoms with E-state index < -0.39 is 5.72 Å². The lowest BCUT2D eigenvalue weighted by molar-refractivity contribution is -0.134. The predicted octanol–water partition coefficient (Wildman–Crippen LogP) is 2.01. The van der Waals surface area contributed by atoms with E-state index in [0.717, 1.165) is 0 Å². The van der Waals surface area contributed by atoms with Gasteiger partial charge in [-0.05, 0) is 33.6 Å². The Labute approximate surface area is 86.4 Å². The molecule has 0 spiro atoms. The highest BCUT2D eigenvalue weighted by Crippen LogP contribution is 2.32. The van der Waals surface area contributed by atoms with Crippen molar-refractivity contribution in [2.24, 2.45) is 5.92 Å². The minimum Gasteiger partial charge on any atom is -0.343 e. The van der Waals surface area contributed by atoms with Gasteiger partial charge in [0, 0.05) is 6.04 Å². The van der Waals surface area contributed by atoms with Gasteiger partial charge in [-0.2, -0.15) is 0 Å². The zero-order valence-corrected chi connectivity index (χ0v) is 10.00. The molecule has 1 saturated heterocycles. The van der Waals surface area contributed by atoms with Crippen molar-refractivity contribution < 1.29 is 9.53 Å². The molecule has 0 aromatic carbocycles. The molecule has 3 heteroatoms. The van der Waals surface area contributed by atoms with Gasteiger partial charge in [0.05, 0.1) is 0 Å². The van der Waals surface area contributed by atoms with Crippen molar-refractivity contribution in [3.05, 3.63) is 0 Å². The summed E-state index contributed by atoms with van der Waals surface area (Å²) in [4.78, 5) is 13.8. The Morgan fingerprint density at radius 2 is 1.79 bits per heavy atom. The van der Waals surface area contributed by atoms with Crippen LogP contribution in [-0.2, 0) is 9.53 Å². The van der Waals surface area contributed by atoms with Crippen LogP contribution in [0.2, 0.25) is 0 Å². The first kappa shape index (κ1) is 11.5. The van der Waals surface area contributed by atoms with Gasteiger partial charge in [-0.25, -0.2) is 0 Å². The molecule has 1 aliphatic rings. The van der Waals surface area contributed by atoms with Gasteiger partial charge in [0.1, 0.15) is 11.8 Å². The van der Waals surface area contributed by atoms with Gasteiger partial charge in [0.2, 0.25) is 0 Å². The maximum absolute atomic E-state index is 12.0. The Balaban J connectivity index is 2.92. The third kappa shape index (κ3) is 1.78. The van der Waals surface area contributed by atoms with Gasteiger partial charge in [0.25, 0.3) is 5.91 Å². The van der Waals surface area contributed by atoms with Crippen LogP contribution in [0.4, 0.5) is 0 Å². The van der Waals surface area contributed by atoms with Gasteiger partial charge in [-0.1, -0.05) is 13.8 Å². The van der Waals surface area contributed by atoms with E-state index in [0.29, 0.717) is 0 Å². The monoisotopic (exact) mass is 199 g/mol. The molecule has 0 bridgehead atoms. The van der Waals surface area contributed by atoms with Crippen LogP contribution >= 0.6 is 0 Å². The molecule has 14 heavy (non-hydrogen) atoms. The van der Waals surface area contributed by atoms with E-state index in [4.69, 9.17) is 4.74 Å². The Bertz CT molecular complexity index is 233. The second-order valence-electron chi connectivity index (χ2n) is 5.03. The van der Waals surface area contributed by atoms with E-state index in [1.54, 1.807) is 0 Å². The lowest BCUT2D eigenvalue weighted by atomic mass is 10.1. The van der Waals surface area contributed by atoms with Crippen molar-refractivity contribution >= 4 is 5.91 Å². The van der Waals surface area contributed by atoms with Crippen LogP contribution in [0.3, 0.4) is 0 Å². The summed E-state index contributed by atoms with van der Waals surface area (Å²) in [7, 11) is 0. The molecule has 0 N–H and O–H groups in total. The number of rotatable bonds is 2. The van der Waals surface area contributed by atoms with Gasteiger partial charge < -0.3 is 9.64 Å². The van der Waals surface area contributed by atoms with Gasteiger partial charge in [-0.15, -0.1) is 0 Å². The molecule has 1 atom stereocenters. The summed E-state index contributed by atoms with van der Waals surface area (Å²) < 4.78 is 5.77. The van der Waals surface area contributed by atoms with E-state index in [9.17, 15) is 4.79 Å². The highest BCUT2D eigenvalue weighted by molar-refractivity contribution is 5.83. The Hall–Kier alpha value is -0.570. The van der Waals surface area contributed by atoms with E-state index in [2.05, 4.69) is 0 Å². The van der Waals surface area contributed by atoms with Crippen LogP contribution in [0.1, 0.15) is 41.5 Å². The average molecular weight is 199 g/mol. The second-order valence-corrected chi connectivity index (χ2v) is 5.03.